The van der Waals surface area contributed by atoms with E-state index in [0.29, 0.717) is 38.3 Å². The molecule has 4 rings (SSSR count). The van der Waals surface area contributed by atoms with E-state index in [1.54, 1.807) is 14.7 Å². The molecule has 2 aliphatic heterocycles. The Morgan fingerprint density at radius 2 is 1.42 bits per heavy atom. The van der Waals surface area contributed by atoms with Crippen molar-refractivity contribution in [3.63, 3.8) is 0 Å². The first-order chi connectivity index (χ1) is 20.0. The molecule has 43 heavy (non-hydrogen) atoms. The number of nitrogens with two attached hydrogens (primary N) is 1. The maximum Gasteiger partial charge on any atom is 0.395 e. The van der Waals surface area contributed by atoms with Gasteiger partial charge in [0.2, 0.25) is 0 Å². The molecule has 2 aromatic rings. The van der Waals surface area contributed by atoms with E-state index in [1.807, 2.05) is 18.2 Å². The van der Waals surface area contributed by atoms with Crippen LogP contribution in [0.1, 0.15) is 51.2 Å². The summed E-state index contributed by atoms with van der Waals surface area (Å²) in [5.74, 6) is -1.39. The van der Waals surface area contributed by atoms with E-state index >= 15 is 0 Å². The summed E-state index contributed by atoms with van der Waals surface area (Å²) in [5, 5.41) is 2.97. The fourth-order valence-electron chi connectivity index (χ4n) is 4.66. The van der Waals surface area contributed by atoms with Gasteiger partial charge in [0.15, 0.2) is 9.84 Å². The number of alkyl halides is 3. The minimum absolute atomic E-state index is 0.00199. The van der Waals surface area contributed by atoms with E-state index in [1.165, 1.54) is 24.3 Å². The molecule has 0 aliphatic carbocycles. The lowest BCUT2D eigenvalue weighted by Gasteiger charge is -2.32. The summed E-state index contributed by atoms with van der Waals surface area (Å²) in [6.07, 6.45) is -3.50. The predicted octanol–water partition coefficient (Wildman–Crippen LogP) is 5.31. The maximum absolute atomic E-state index is 12.8. The molecule has 2 saturated heterocycles. The van der Waals surface area contributed by atoms with E-state index in [9.17, 15) is 31.2 Å². The fourth-order valence-corrected chi connectivity index (χ4v) is 5.86. The number of rotatable bonds is 2. The molecule has 1 atom stereocenters. The van der Waals surface area contributed by atoms with Crippen molar-refractivity contribution in [2.45, 2.75) is 51.6 Å². The van der Waals surface area contributed by atoms with Crippen LogP contribution in [0, 0.1) is 0 Å². The molecule has 2 fully saturated rings. The second-order valence-electron chi connectivity index (χ2n) is 11.9. The lowest BCUT2D eigenvalue weighted by molar-refractivity contribution is -0.146. The normalized spacial score (nSPS) is 18.2. The highest BCUT2D eigenvalue weighted by atomic mass is 32.2. The van der Waals surface area contributed by atoms with Gasteiger partial charge in [0.25, 0.3) is 0 Å². The Kier molecular flexibility index (Phi) is 11.0. The summed E-state index contributed by atoms with van der Waals surface area (Å²) in [4.78, 5) is 30.6. The molecule has 0 saturated carbocycles. The summed E-state index contributed by atoms with van der Waals surface area (Å²) < 4.78 is 59.8. The first-order valence-electron chi connectivity index (χ1n) is 14.3. The Morgan fingerprint density at radius 1 is 0.860 bits per heavy atom. The second-order valence-corrected chi connectivity index (χ2v) is 14.2. The van der Waals surface area contributed by atoms with Gasteiger partial charge in [-0.05, 0) is 54.2 Å². The van der Waals surface area contributed by atoms with Gasteiger partial charge in [0.05, 0.1) is 17.4 Å². The van der Waals surface area contributed by atoms with Gasteiger partial charge in [0.1, 0.15) is 0 Å². The molecule has 2 aromatic carbocycles. The highest BCUT2D eigenvalue weighted by molar-refractivity contribution is 7.91. The molecule has 9 nitrogen and oxygen atoms in total. The van der Waals surface area contributed by atoms with Gasteiger partial charge in [-0.15, -0.1) is 0 Å². The Bertz CT molecular complexity index is 1350. The van der Waals surface area contributed by atoms with E-state index in [-0.39, 0.29) is 47.6 Å². The third kappa shape index (κ3) is 10.0. The number of carbonyl (C=O) groups is 2. The summed E-state index contributed by atoms with van der Waals surface area (Å²) >= 11 is 0. The smallest absolute Gasteiger partial charge is 0.395 e. The second kappa shape index (κ2) is 13.9. The van der Waals surface area contributed by atoms with Crippen LogP contribution < -0.4 is 11.1 Å². The van der Waals surface area contributed by atoms with Crippen molar-refractivity contribution in [2.75, 3.05) is 61.8 Å². The van der Waals surface area contributed by atoms with Crippen molar-refractivity contribution >= 4 is 33.3 Å². The van der Waals surface area contributed by atoms with Gasteiger partial charge in [0, 0.05) is 50.6 Å². The molecule has 238 valence electrons. The fraction of sp³-hybridized carbons (Fsp3) is 0.533. The molecule has 13 heteroatoms. The Labute approximate surface area is 252 Å². The Balaban J connectivity index is 0.000000326. The molecule has 2 aliphatic rings. The molecule has 0 spiro atoms. The van der Waals surface area contributed by atoms with Gasteiger partial charge in [-0.3, -0.25) is 0 Å². The van der Waals surface area contributed by atoms with Gasteiger partial charge in [-0.2, -0.15) is 13.2 Å². The first kappa shape index (κ1) is 34.0. The molecular formula is C30H42F3N5O4S. The van der Waals surface area contributed by atoms with E-state index < -0.39 is 21.9 Å². The van der Waals surface area contributed by atoms with E-state index in [2.05, 4.69) is 32.2 Å². The van der Waals surface area contributed by atoms with Crippen molar-refractivity contribution in [3.05, 3.63) is 59.7 Å². The Morgan fingerprint density at radius 3 is 2.00 bits per heavy atom. The Hall–Kier alpha value is -3.48. The van der Waals surface area contributed by atoms with Crippen molar-refractivity contribution in [1.82, 2.24) is 14.7 Å². The summed E-state index contributed by atoms with van der Waals surface area (Å²) in [6.45, 7) is 10.0. The van der Waals surface area contributed by atoms with Crippen LogP contribution in [0.4, 0.5) is 34.1 Å². The van der Waals surface area contributed by atoms with Crippen LogP contribution in [0.15, 0.2) is 48.5 Å². The van der Waals surface area contributed by atoms with Crippen LogP contribution in [0.2, 0.25) is 0 Å². The standard InChI is InChI=1S/C21H32N4O4S.C9H10F3N/c1-21(2,3)17-6-4-7-18(16-17)22-19(26)23-8-5-9-24(11-10-23)20(27)25-12-14-30(28,29)15-13-25;1-6(9(10,11)12)7-2-4-8(13)5-3-7/h4,6-7,16H,5,8-15H2,1-3H3,(H,22,26);2-6H,13H2,1H3. The van der Waals surface area contributed by atoms with Crippen molar-refractivity contribution < 1.29 is 31.2 Å². The van der Waals surface area contributed by atoms with Crippen LogP contribution >= 0.6 is 0 Å². The minimum Gasteiger partial charge on any atom is -0.399 e. The summed E-state index contributed by atoms with van der Waals surface area (Å²) in [5.41, 5.74) is 7.97. The maximum atomic E-state index is 12.8. The zero-order valence-corrected chi connectivity index (χ0v) is 26.0. The monoisotopic (exact) mass is 625 g/mol. The molecule has 0 radical (unpaired) electrons. The third-order valence-electron chi connectivity index (χ3n) is 7.58. The number of nitrogens with zero attached hydrogens (tertiary/aromatic N) is 3. The number of urea groups is 2. The zero-order valence-electron chi connectivity index (χ0n) is 25.2. The summed E-state index contributed by atoms with van der Waals surface area (Å²) in [7, 11) is -3.02. The van der Waals surface area contributed by atoms with Gasteiger partial charge >= 0.3 is 18.2 Å². The highest BCUT2D eigenvalue weighted by Crippen LogP contribution is 2.34. The molecule has 4 amide bonds. The van der Waals surface area contributed by atoms with Gasteiger partial charge in [-0.1, -0.05) is 45.0 Å². The van der Waals surface area contributed by atoms with E-state index in [4.69, 9.17) is 5.73 Å². The number of nitrogens with one attached hydrogen (secondary N) is 1. The average Bonchev–Trinajstić information content (AvgIpc) is 3.19. The lowest BCUT2D eigenvalue weighted by atomic mass is 9.87. The van der Waals surface area contributed by atoms with Gasteiger partial charge in [-0.25, -0.2) is 18.0 Å². The minimum atomic E-state index is -4.18. The first-order valence-corrected chi connectivity index (χ1v) is 16.1. The zero-order chi connectivity index (χ0) is 32.0. The molecular weight excluding hydrogens is 583 g/mol. The number of anilines is 2. The third-order valence-corrected chi connectivity index (χ3v) is 9.19. The topological polar surface area (TPSA) is 116 Å². The number of halogens is 3. The highest BCUT2D eigenvalue weighted by Gasteiger charge is 2.36. The number of benzene rings is 2. The molecule has 0 aromatic heterocycles. The number of nitrogen functional groups attached to an aromatic ring is 1. The van der Waals surface area contributed by atoms with Crippen LogP contribution in [0.25, 0.3) is 0 Å². The van der Waals surface area contributed by atoms with Gasteiger partial charge < -0.3 is 25.8 Å². The number of amides is 4. The molecule has 3 N–H and O–H groups in total. The number of sulfone groups is 1. The van der Waals surface area contributed by atoms with Crippen molar-refractivity contribution in [1.29, 1.82) is 0 Å². The molecule has 2 heterocycles. The SMILES string of the molecule is CC(C)(C)c1cccc(NC(=O)N2CCCN(C(=O)N3CCS(=O)(=O)CC3)CC2)c1.CC(c1ccc(N)cc1)C(F)(F)F. The molecule has 0 bridgehead atoms. The number of hydrogen-bond donors (Lipinski definition) is 2. The number of carbonyl (C=O) groups excluding carboxylic acids is 2. The summed E-state index contributed by atoms with van der Waals surface area (Å²) in [6, 6.07) is 13.3. The predicted molar refractivity (Wildman–Crippen MR) is 163 cm³/mol. The van der Waals surface area contributed by atoms with Crippen LogP contribution in [0.5, 0.6) is 0 Å². The lowest BCUT2D eigenvalue weighted by Crippen LogP contribution is -2.50. The van der Waals surface area contributed by atoms with Crippen LogP contribution in [-0.4, -0.2) is 92.1 Å². The van der Waals surface area contributed by atoms with Crippen LogP contribution in [-0.2, 0) is 15.3 Å². The quantitative estimate of drug-likeness (QED) is 0.439. The largest absolute Gasteiger partial charge is 0.399 e. The van der Waals surface area contributed by atoms with Crippen molar-refractivity contribution in [2.24, 2.45) is 0 Å². The average molecular weight is 626 g/mol. The number of hydrogen-bond acceptors (Lipinski definition) is 5. The van der Waals surface area contributed by atoms with Crippen molar-refractivity contribution in [3.8, 4) is 0 Å². The molecule has 1 unspecified atom stereocenters. The van der Waals surface area contributed by atoms with Crippen LogP contribution in [0.3, 0.4) is 0 Å². The van der Waals surface area contributed by atoms with E-state index in [0.717, 1.165) is 18.2 Å².